The Kier molecular flexibility index (Phi) is 5.33. The van der Waals surface area contributed by atoms with E-state index in [2.05, 4.69) is 20.5 Å². The third-order valence-corrected chi connectivity index (χ3v) is 3.75. The highest BCUT2D eigenvalue weighted by atomic mass is 16.6. The van der Waals surface area contributed by atoms with Gasteiger partial charge in [0.25, 0.3) is 5.69 Å². The number of amides is 1. The molecule has 0 saturated heterocycles. The molecule has 2 aromatic carbocycles. The molecule has 0 saturated carbocycles. The Balaban J connectivity index is 1.55. The van der Waals surface area contributed by atoms with Crippen LogP contribution in [0.3, 0.4) is 0 Å². The molecule has 2 N–H and O–H groups in total. The average Bonchev–Trinajstić information content (AvgIpc) is 3.11. The molecular weight excluding hydrogens is 334 g/mol. The van der Waals surface area contributed by atoms with E-state index in [1.165, 1.54) is 12.1 Å². The van der Waals surface area contributed by atoms with Gasteiger partial charge in [-0.1, -0.05) is 42.5 Å². The number of nitrogens with zero attached hydrogens (tertiary/aromatic N) is 3. The molecule has 1 aromatic heterocycles. The number of nitro groups is 1. The summed E-state index contributed by atoms with van der Waals surface area (Å²) in [6.07, 6.45) is 0.818. The van der Waals surface area contributed by atoms with Gasteiger partial charge >= 0.3 is 0 Å². The number of hydrogen-bond donors (Lipinski definition) is 2. The molecule has 8 nitrogen and oxygen atoms in total. The quantitative estimate of drug-likeness (QED) is 0.501. The summed E-state index contributed by atoms with van der Waals surface area (Å²) < 4.78 is 0. The summed E-state index contributed by atoms with van der Waals surface area (Å²) in [4.78, 5) is 26.6. The molecule has 0 atom stereocenters. The van der Waals surface area contributed by atoms with Crippen LogP contribution in [0.4, 0.5) is 5.69 Å². The van der Waals surface area contributed by atoms with Gasteiger partial charge in [-0.25, -0.2) is 4.98 Å². The van der Waals surface area contributed by atoms with Crippen LogP contribution in [0.1, 0.15) is 11.4 Å². The number of aromatic amines is 1. The minimum Gasteiger partial charge on any atom is -0.355 e. The summed E-state index contributed by atoms with van der Waals surface area (Å²) >= 11 is 0. The Morgan fingerprint density at radius 2 is 1.96 bits per heavy atom. The lowest BCUT2D eigenvalue weighted by Gasteiger charge is -2.03. The van der Waals surface area contributed by atoms with E-state index in [0.717, 1.165) is 12.0 Å². The maximum atomic E-state index is 12.0. The van der Waals surface area contributed by atoms with Gasteiger partial charge in [0.15, 0.2) is 5.82 Å². The average molecular weight is 351 g/mol. The van der Waals surface area contributed by atoms with Gasteiger partial charge in [-0.3, -0.25) is 20.0 Å². The number of H-pyrrole nitrogens is 1. The monoisotopic (exact) mass is 351 g/mol. The number of benzene rings is 2. The van der Waals surface area contributed by atoms with Crippen molar-refractivity contribution in [2.24, 2.45) is 0 Å². The summed E-state index contributed by atoms with van der Waals surface area (Å²) in [7, 11) is 0. The minimum atomic E-state index is -0.475. The Labute approximate surface area is 149 Å². The van der Waals surface area contributed by atoms with Crippen LogP contribution in [0.15, 0.2) is 54.6 Å². The zero-order valence-corrected chi connectivity index (χ0v) is 13.9. The number of nitrogens with one attached hydrogen (secondary N) is 2. The van der Waals surface area contributed by atoms with E-state index in [9.17, 15) is 14.9 Å². The summed E-state index contributed by atoms with van der Waals surface area (Å²) in [5.74, 6) is 0.562. The molecular formula is C18H17N5O3. The third-order valence-electron chi connectivity index (χ3n) is 3.75. The summed E-state index contributed by atoms with van der Waals surface area (Å²) in [5, 5.41) is 20.4. The first-order valence-corrected chi connectivity index (χ1v) is 8.08. The second-order valence-electron chi connectivity index (χ2n) is 5.68. The normalized spacial score (nSPS) is 10.5. The molecule has 0 aliphatic heterocycles. The van der Waals surface area contributed by atoms with E-state index in [1.807, 2.05) is 30.3 Å². The molecule has 1 amide bonds. The number of carbonyl (C=O) groups is 1. The van der Waals surface area contributed by atoms with Crippen LogP contribution in [0, 0.1) is 10.1 Å². The van der Waals surface area contributed by atoms with Crippen molar-refractivity contribution < 1.29 is 9.72 Å². The summed E-state index contributed by atoms with van der Waals surface area (Å²) in [5.41, 5.74) is 1.64. The molecule has 3 rings (SSSR count). The van der Waals surface area contributed by atoms with Gasteiger partial charge in [-0.15, -0.1) is 0 Å². The second-order valence-corrected chi connectivity index (χ2v) is 5.68. The molecule has 132 valence electrons. The van der Waals surface area contributed by atoms with Crippen molar-refractivity contribution in [1.29, 1.82) is 0 Å². The van der Waals surface area contributed by atoms with Crippen LogP contribution in [0.5, 0.6) is 0 Å². The highest BCUT2D eigenvalue weighted by Gasteiger charge is 2.12. The minimum absolute atomic E-state index is 0.0347. The SMILES string of the molecule is O=C(Cc1nc(-c2cccc([N+](=O)[O-])c2)n[nH]1)NCCc1ccccc1. The van der Waals surface area contributed by atoms with Crippen LogP contribution in [0.2, 0.25) is 0 Å². The van der Waals surface area contributed by atoms with Crippen LogP contribution in [-0.2, 0) is 17.6 Å². The first-order chi connectivity index (χ1) is 12.6. The predicted octanol–water partition coefficient (Wildman–Crippen LogP) is 2.28. The van der Waals surface area contributed by atoms with Gasteiger partial charge in [0.05, 0.1) is 11.3 Å². The molecule has 0 radical (unpaired) electrons. The van der Waals surface area contributed by atoms with Gasteiger partial charge in [0.1, 0.15) is 5.82 Å². The highest BCUT2D eigenvalue weighted by Crippen LogP contribution is 2.20. The molecule has 0 aliphatic carbocycles. The second kappa shape index (κ2) is 8.02. The zero-order chi connectivity index (χ0) is 18.4. The lowest BCUT2D eigenvalue weighted by molar-refractivity contribution is -0.384. The molecule has 0 aliphatic rings. The van der Waals surface area contributed by atoms with Gasteiger partial charge in [0.2, 0.25) is 5.91 Å². The van der Waals surface area contributed by atoms with Crippen molar-refractivity contribution in [3.8, 4) is 11.4 Å². The topological polar surface area (TPSA) is 114 Å². The lowest BCUT2D eigenvalue weighted by Crippen LogP contribution is -2.27. The van der Waals surface area contributed by atoms with Crippen LogP contribution in [0.25, 0.3) is 11.4 Å². The number of carbonyl (C=O) groups excluding carboxylic acids is 1. The summed E-state index contributed by atoms with van der Waals surface area (Å²) in [6.45, 7) is 0.536. The molecule has 0 bridgehead atoms. The maximum absolute atomic E-state index is 12.0. The molecule has 3 aromatic rings. The highest BCUT2D eigenvalue weighted by molar-refractivity contribution is 5.77. The van der Waals surface area contributed by atoms with Crippen molar-refractivity contribution in [3.05, 3.63) is 76.1 Å². The number of hydrogen-bond acceptors (Lipinski definition) is 5. The predicted molar refractivity (Wildman–Crippen MR) is 95.3 cm³/mol. The van der Waals surface area contributed by atoms with E-state index in [1.54, 1.807) is 12.1 Å². The Morgan fingerprint density at radius 3 is 2.73 bits per heavy atom. The smallest absolute Gasteiger partial charge is 0.270 e. The largest absolute Gasteiger partial charge is 0.355 e. The molecule has 0 spiro atoms. The van der Waals surface area contributed by atoms with E-state index in [0.29, 0.717) is 23.8 Å². The summed E-state index contributed by atoms with van der Waals surface area (Å²) in [6, 6.07) is 15.9. The van der Waals surface area contributed by atoms with Crippen molar-refractivity contribution in [1.82, 2.24) is 20.5 Å². The van der Waals surface area contributed by atoms with Crippen molar-refractivity contribution in [2.45, 2.75) is 12.8 Å². The van der Waals surface area contributed by atoms with Gasteiger partial charge in [-0.05, 0) is 12.0 Å². The standard InChI is InChI=1S/C18H17N5O3/c24-17(19-10-9-13-5-2-1-3-6-13)12-16-20-18(22-21-16)14-7-4-8-15(11-14)23(25)26/h1-8,11H,9-10,12H2,(H,19,24)(H,20,21,22). The van der Waals surface area contributed by atoms with Crippen molar-refractivity contribution in [2.75, 3.05) is 6.54 Å². The van der Waals surface area contributed by atoms with Crippen LogP contribution >= 0.6 is 0 Å². The Bertz CT molecular complexity index is 908. The molecule has 26 heavy (non-hydrogen) atoms. The number of non-ortho nitro benzene ring substituents is 1. The first kappa shape index (κ1) is 17.3. The van der Waals surface area contributed by atoms with E-state index >= 15 is 0 Å². The third kappa shape index (κ3) is 4.50. The van der Waals surface area contributed by atoms with Gasteiger partial charge < -0.3 is 5.32 Å². The van der Waals surface area contributed by atoms with E-state index in [-0.39, 0.29) is 18.0 Å². The maximum Gasteiger partial charge on any atom is 0.270 e. The fourth-order valence-electron chi connectivity index (χ4n) is 2.47. The lowest BCUT2D eigenvalue weighted by atomic mass is 10.1. The van der Waals surface area contributed by atoms with E-state index < -0.39 is 4.92 Å². The van der Waals surface area contributed by atoms with Crippen LogP contribution < -0.4 is 5.32 Å². The van der Waals surface area contributed by atoms with Crippen molar-refractivity contribution >= 4 is 11.6 Å². The van der Waals surface area contributed by atoms with Crippen molar-refractivity contribution in [3.63, 3.8) is 0 Å². The van der Waals surface area contributed by atoms with Gasteiger partial charge in [-0.2, -0.15) is 5.10 Å². The fraction of sp³-hybridized carbons (Fsp3) is 0.167. The molecule has 0 unspecified atom stereocenters. The number of nitro benzene ring substituents is 1. The zero-order valence-electron chi connectivity index (χ0n) is 13.9. The molecule has 8 heteroatoms. The molecule has 1 heterocycles. The van der Waals surface area contributed by atoms with E-state index in [4.69, 9.17) is 0 Å². The number of rotatable bonds is 7. The molecule has 0 fully saturated rings. The number of aromatic nitrogens is 3. The van der Waals surface area contributed by atoms with Gasteiger partial charge in [0, 0.05) is 24.2 Å². The Hall–Kier alpha value is -3.55. The van der Waals surface area contributed by atoms with Crippen LogP contribution in [-0.4, -0.2) is 32.6 Å². The first-order valence-electron chi connectivity index (χ1n) is 8.08. The fourth-order valence-corrected chi connectivity index (χ4v) is 2.47. The Morgan fingerprint density at radius 1 is 1.15 bits per heavy atom.